The Bertz CT molecular complexity index is 657. The summed E-state index contributed by atoms with van der Waals surface area (Å²) in [6, 6.07) is 16.9. The van der Waals surface area contributed by atoms with Crippen LogP contribution in [-0.2, 0) is 14.9 Å². The summed E-state index contributed by atoms with van der Waals surface area (Å²) in [5, 5.41) is 0. The molecule has 0 heterocycles. The van der Waals surface area contributed by atoms with Crippen molar-refractivity contribution in [2.45, 2.75) is 18.8 Å². The lowest BCUT2D eigenvalue weighted by atomic mass is 9.91. The van der Waals surface area contributed by atoms with E-state index in [0.717, 1.165) is 6.42 Å². The molecule has 2 aliphatic rings. The zero-order valence-electron chi connectivity index (χ0n) is 11.4. The van der Waals surface area contributed by atoms with E-state index in [9.17, 15) is 4.79 Å². The van der Waals surface area contributed by atoms with Crippen LogP contribution in [0.4, 0.5) is 0 Å². The summed E-state index contributed by atoms with van der Waals surface area (Å²) in [5.41, 5.74) is 5.00. The zero-order chi connectivity index (χ0) is 13.7. The SMILES string of the molecule is CCOC(=O)C1CC12c1ccccc1-c1ccccc12. The van der Waals surface area contributed by atoms with Crippen molar-refractivity contribution in [3.05, 3.63) is 59.7 Å². The number of fused-ring (bicyclic) bond motifs is 5. The molecular formula is C18H16O2. The average Bonchev–Trinajstić information content (AvgIpc) is 3.17. The molecule has 20 heavy (non-hydrogen) atoms. The van der Waals surface area contributed by atoms with Gasteiger partial charge in [-0.25, -0.2) is 0 Å². The van der Waals surface area contributed by atoms with Gasteiger partial charge in [0.1, 0.15) is 0 Å². The van der Waals surface area contributed by atoms with Gasteiger partial charge >= 0.3 is 5.97 Å². The molecule has 100 valence electrons. The summed E-state index contributed by atoms with van der Waals surface area (Å²) in [4.78, 5) is 12.2. The molecule has 2 aromatic carbocycles. The molecule has 1 unspecified atom stereocenters. The minimum atomic E-state index is -0.126. The number of rotatable bonds is 2. The lowest BCUT2D eigenvalue weighted by molar-refractivity contribution is -0.145. The Balaban J connectivity index is 1.88. The van der Waals surface area contributed by atoms with E-state index < -0.39 is 0 Å². The quantitative estimate of drug-likeness (QED) is 0.776. The van der Waals surface area contributed by atoms with E-state index in [-0.39, 0.29) is 17.3 Å². The monoisotopic (exact) mass is 264 g/mol. The summed E-state index contributed by atoms with van der Waals surface area (Å²) in [7, 11) is 0. The molecule has 2 aliphatic carbocycles. The third kappa shape index (κ3) is 1.31. The summed E-state index contributed by atoms with van der Waals surface area (Å²) < 4.78 is 5.24. The molecule has 1 spiro atoms. The highest BCUT2D eigenvalue weighted by Crippen LogP contribution is 2.66. The number of hydrogen-bond acceptors (Lipinski definition) is 2. The molecule has 4 rings (SSSR count). The number of carbonyl (C=O) groups excluding carboxylic acids is 1. The molecule has 1 atom stereocenters. The molecule has 0 aliphatic heterocycles. The van der Waals surface area contributed by atoms with Crippen LogP contribution in [-0.4, -0.2) is 12.6 Å². The second-order valence-electron chi connectivity index (χ2n) is 5.57. The van der Waals surface area contributed by atoms with Gasteiger partial charge < -0.3 is 4.74 Å². The Morgan fingerprint density at radius 3 is 2.20 bits per heavy atom. The first-order valence-electron chi connectivity index (χ1n) is 7.15. The van der Waals surface area contributed by atoms with Gasteiger partial charge in [0.2, 0.25) is 0 Å². The van der Waals surface area contributed by atoms with Crippen LogP contribution in [0.15, 0.2) is 48.5 Å². The van der Waals surface area contributed by atoms with Crippen molar-refractivity contribution in [3.63, 3.8) is 0 Å². The molecule has 2 aromatic rings. The van der Waals surface area contributed by atoms with Crippen LogP contribution in [0.3, 0.4) is 0 Å². The molecule has 1 fully saturated rings. The number of benzene rings is 2. The lowest BCUT2D eigenvalue weighted by Gasteiger charge is -2.13. The Morgan fingerprint density at radius 1 is 1.10 bits per heavy atom. The molecule has 2 nitrogen and oxygen atoms in total. The van der Waals surface area contributed by atoms with E-state index in [1.165, 1.54) is 22.3 Å². The van der Waals surface area contributed by atoms with Gasteiger partial charge in [-0.05, 0) is 35.6 Å². The first-order chi connectivity index (χ1) is 9.79. The Morgan fingerprint density at radius 2 is 1.65 bits per heavy atom. The fraction of sp³-hybridized carbons (Fsp3) is 0.278. The van der Waals surface area contributed by atoms with E-state index in [0.29, 0.717) is 6.61 Å². The van der Waals surface area contributed by atoms with Gasteiger partial charge in [0.25, 0.3) is 0 Å². The molecule has 0 radical (unpaired) electrons. The smallest absolute Gasteiger partial charge is 0.310 e. The maximum atomic E-state index is 12.2. The fourth-order valence-corrected chi connectivity index (χ4v) is 3.74. The molecule has 0 N–H and O–H groups in total. The maximum Gasteiger partial charge on any atom is 0.310 e. The van der Waals surface area contributed by atoms with E-state index in [4.69, 9.17) is 4.74 Å². The van der Waals surface area contributed by atoms with Gasteiger partial charge in [-0.2, -0.15) is 0 Å². The van der Waals surface area contributed by atoms with Gasteiger partial charge in [-0.3, -0.25) is 4.79 Å². The minimum absolute atomic E-state index is 0.0211. The molecule has 0 bridgehead atoms. The second-order valence-corrected chi connectivity index (χ2v) is 5.57. The summed E-state index contributed by atoms with van der Waals surface area (Å²) in [6.07, 6.45) is 0.875. The molecule has 2 heteroatoms. The van der Waals surface area contributed by atoms with Gasteiger partial charge in [0, 0.05) is 5.41 Å². The van der Waals surface area contributed by atoms with Crippen LogP contribution in [0.5, 0.6) is 0 Å². The van der Waals surface area contributed by atoms with E-state index in [1.807, 2.05) is 6.92 Å². The van der Waals surface area contributed by atoms with Crippen molar-refractivity contribution in [2.75, 3.05) is 6.61 Å². The topological polar surface area (TPSA) is 26.3 Å². The molecular weight excluding hydrogens is 248 g/mol. The van der Waals surface area contributed by atoms with Crippen LogP contribution in [0.25, 0.3) is 11.1 Å². The summed E-state index contributed by atoms with van der Waals surface area (Å²) in [5.74, 6) is -0.0775. The predicted molar refractivity (Wildman–Crippen MR) is 77.4 cm³/mol. The Labute approximate surface area is 118 Å². The van der Waals surface area contributed by atoms with Crippen molar-refractivity contribution in [1.29, 1.82) is 0 Å². The first kappa shape index (κ1) is 11.7. The second kappa shape index (κ2) is 3.95. The normalized spacial score (nSPS) is 20.4. The zero-order valence-corrected chi connectivity index (χ0v) is 11.4. The van der Waals surface area contributed by atoms with Crippen LogP contribution < -0.4 is 0 Å². The van der Waals surface area contributed by atoms with Crippen molar-refractivity contribution in [3.8, 4) is 11.1 Å². The maximum absolute atomic E-state index is 12.2. The number of ether oxygens (including phenoxy) is 1. The van der Waals surface area contributed by atoms with Gasteiger partial charge in [-0.15, -0.1) is 0 Å². The van der Waals surface area contributed by atoms with Crippen molar-refractivity contribution >= 4 is 5.97 Å². The number of hydrogen-bond donors (Lipinski definition) is 0. The van der Waals surface area contributed by atoms with Crippen LogP contribution in [0.1, 0.15) is 24.5 Å². The largest absolute Gasteiger partial charge is 0.466 e. The summed E-state index contributed by atoms with van der Waals surface area (Å²) >= 11 is 0. The molecule has 0 amide bonds. The van der Waals surface area contributed by atoms with Crippen LogP contribution in [0.2, 0.25) is 0 Å². The van der Waals surface area contributed by atoms with Gasteiger partial charge in [-0.1, -0.05) is 48.5 Å². The summed E-state index contributed by atoms with van der Waals surface area (Å²) in [6.45, 7) is 2.32. The van der Waals surface area contributed by atoms with E-state index in [2.05, 4.69) is 48.5 Å². The van der Waals surface area contributed by atoms with E-state index >= 15 is 0 Å². The van der Waals surface area contributed by atoms with Gasteiger partial charge in [0.05, 0.1) is 12.5 Å². The molecule has 0 saturated heterocycles. The minimum Gasteiger partial charge on any atom is -0.466 e. The third-order valence-corrected chi connectivity index (χ3v) is 4.64. The number of esters is 1. The fourth-order valence-electron chi connectivity index (χ4n) is 3.74. The lowest BCUT2D eigenvalue weighted by Crippen LogP contribution is -2.16. The average molecular weight is 264 g/mol. The molecule has 1 saturated carbocycles. The number of carbonyl (C=O) groups is 1. The van der Waals surface area contributed by atoms with Gasteiger partial charge in [0.15, 0.2) is 0 Å². The highest BCUT2D eigenvalue weighted by Gasteiger charge is 2.64. The van der Waals surface area contributed by atoms with Crippen LogP contribution >= 0.6 is 0 Å². The van der Waals surface area contributed by atoms with Crippen molar-refractivity contribution in [1.82, 2.24) is 0 Å². The third-order valence-electron chi connectivity index (χ3n) is 4.64. The van der Waals surface area contributed by atoms with E-state index in [1.54, 1.807) is 0 Å². The highest BCUT2D eigenvalue weighted by molar-refractivity contribution is 5.90. The van der Waals surface area contributed by atoms with Crippen molar-refractivity contribution in [2.24, 2.45) is 5.92 Å². The predicted octanol–water partition coefficient (Wildman–Crippen LogP) is 3.54. The van der Waals surface area contributed by atoms with Crippen molar-refractivity contribution < 1.29 is 9.53 Å². The Hall–Kier alpha value is -2.09. The standard InChI is InChI=1S/C18H16O2/c1-2-20-17(19)16-11-18(16)14-9-5-3-7-12(14)13-8-4-6-10-15(13)18/h3-10,16H,2,11H2,1H3. The van der Waals surface area contributed by atoms with Crippen LogP contribution in [0, 0.1) is 5.92 Å². The Kier molecular flexibility index (Phi) is 2.31. The first-order valence-corrected chi connectivity index (χ1v) is 7.15. The highest BCUT2D eigenvalue weighted by atomic mass is 16.5. The molecule has 0 aromatic heterocycles.